The molecule has 3 rings (SSSR count). The van der Waals surface area contributed by atoms with Crippen LogP contribution in [0.1, 0.15) is 30.9 Å². The molecule has 0 unspecified atom stereocenters. The van der Waals surface area contributed by atoms with Crippen molar-refractivity contribution in [3.63, 3.8) is 0 Å². The maximum atomic E-state index is 13.7. The van der Waals surface area contributed by atoms with Crippen molar-refractivity contribution in [1.82, 2.24) is 10.6 Å². The molecule has 0 spiro atoms. The summed E-state index contributed by atoms with van der Waals surface area (Å²) in [6.45, 7) is 4.33. The molecule has 0 bridgehead atoms. The third kappa shape index (κ3) is 5.53. The topological polar surface area (TPSA) is 56.7 Å². The summed E-state index contributed by atoms with van der Waals surface area (Å²) in [5.74, 6) is -0.845. The molecule has 5 nitrogen and oxygen atoms in total. The molecular weight excluding hydrogens is 374 g/mol. The number of hydrogen-bond acceptors (Lipinski definition) is 2. The summed E-state index contributed by atoms with van der Waals surface area (Å²) >= 11 is 0. The molecule has 29 heavy (non-hydrogen) atoms. The number of halogens is 2. The van der Waals surface area contributed by atoms with Gasteiger partial charge in [0.15, 0.2) is 17.6 Å². The van der Waals surface area contributed by atoms with Gasteiger partial charge in [0.25, 0.3) is 0 Å². The molecule has 1 fully saturated rings. The van der Waals surface area contributed by atoms with Gasteiger partial charge >= 0.3 is 0 Å². The molecule has 0 aromatic heterocycles. The predicted molar refractivity (Wildman–Crippen MR) is 111 cm³/mol. The van der Waals surface area contributed by atoms with Gasteiger partial charge in [-0.3, -0.25) is 4.79 Å². The van der Waals surface area contributed by atoms with Crippen LogP contribution in [0.15, 0.2) is 47.5 Å². The van der Waals surface area contributed by atoms with Crippen LogP contribution >= 0.6 is 0 Å². The van der Waals surface area contributed by atoms with Gasteiger partial charge in [0.1, 0.15) is 0 Å². The predicted octanol–water partition coefficient (Wildman–Crippen LogP) is 3.39. The maximum Gasteiger partial charge on any atom is 0.227 e. The van der Waals surface area contributed by atoms with E-state index in [9.17, 15) is 13.6 Å². The van der Waals surface area contributed by atoms with E-state index in [0.717, 1.165) is 30.3 Å². The van der Waals surface area contributed by atoms with E-state index in [1.165, 1.54) is 6.07 Å². The number of amides is 1. The Hall–Kier alpha value is -2.96. The molecule has 1 aliphatic heterocycles. The summed E-state index contributed by atoms with van der Waals surface area (Å²) in [6, 6.07) is 12.0. The van der Waals surface area contributed by atoms with Crippen molar-refractivity contribution in [3.8, 4) is 0 Å². The van der Waals surface area contributed by atoms with Crippen LogP contribution in [0.25, 0.3) is 0 Å². The highest BCUT2D eigenvalue weighted by Gasteiger charge is 2.21. The Labute approximate surface area is 169 Å². The number of hydrogen-bond donors (Lipinski definition) is 2. The lowest BCUT2D eigenvalue weighted by Gasteiger charge is -2.16. The molecule has 0 aliphatic carbocycles. The smallest absolute Gasteiger partial charge is 0.227 e. The van der Waals surface area contributed by atoms with Crippen molar-refractivity contribution in [2.24, 2.45) is 4.99 Å². The van der Waals surface area contributed by atoms with E-state index < -0.39 is 11.6 Å². The standard InChI is InChI=1S/C22H26F2N4O/c1-2-25-22(26-13-12-17-5-3-6-19(23)21(17)24)27-15-16-8-10-18(11-9-16)28-14-4-7-20(28)29/h3,5-6,8-11H,2,4,7,12-15H2,1H3,(H2,25,26,27). The maximum absolute atomic E-state index is 13.7. The molecule has 2 aromatic rings. The van der Waals surface area contributed by atoms with Crippen LogP contribution in [-0.4, -0.2) is 31.5 Å². The highest BCUT2D eigenvalue weighted by Crippen LogP contribution is 2.21. The Balaban J connectivity index is 1.55. The second-order valence-electron chi connectivity index (χ2n) is 6.90. The molecule has 2 aromatic carbocycles. The lowest BCUT2D eigenvalue weighted by Crippen LogP contribution is -2.38. The first-order valence-electron chi connectivity index (χ1n) is 9.93. The summed E-state index contributed by atoms with van der Waals surface area (Å²) in [5, 5.41) is 6.29. The van der Waals surface area contributed by atoms with E-state index >= 15 is 0 Å². The molecule has 2 N–H and O–H groups in total. The summed E-state index contributed by atoms with van der Waals surface area (Å²) in [7, 11) is 0. The number of rotatable bonds is 7. The van der Waals surface area contributed by atoms with Gasteiger partial charge in [-0.15, -0.1) is 0 Å². The quantitative estimate of drug-likeness (QED) is 0.553. The minimum Gasteiger partial charge on any atom is -0.357 e. The first kappa shape index (κ1) is 20.8. The molecular formula is C22H26F2N4O. The van der Waals surface area contributed by atoms with Gasteiger partial charge in [-0.2, -0.15) is 0 Å². The number of anilines is 1. The number of benzene rings is 2. The first-order chi connectivity index (χ1) is 14.1. The first-order valence-corrected chi connectivity index (χ1v) is 9.93. The van der Waals surface area contributed by atoms with Crippen molar-refractivity contribution in [3.05, 3.63) is 65.2 Å². The number of nitrogens with one attached hydrogen (secondary N) is 2. The Morgan fingerprint density at radius 2 is 1.93 bits per heavy atom. The third-order valence-electron chi connectivity index (χ3n) is 4.80. The number of carbonyl (C=O) groups excluding carboxylic acids is 1. The van der Waals surface area contributed by atoms with Crippen LogP contribution in [0, 0.1) is 11.6 Å². The van der Waals surface area contributed by atoms with Crippen LogP contribution in [0.2, 0.25) is 0 Å². The highest BCUT2D eigenvalue weighted by atomic mass is 19.2. The van der Waals surface area contributed by atoms with Crippen molar-refractivity contribution in [1.29, 1.82) is 0 Å². The number of aliphatic imine (C=N–C) groups is 1. The fourth-order valence-corrected chi connectivity index (χ4v) is 3.27. The van der Waals surface area contributed by atoms with Crippen LogP contribution in [0.4, 0.5) is 14.5 Å². The normalized spacial score (nSPS) is 14.4. The largest absolute Gasteiger partial charge is 0.357 e. The Kier molecular flexibility index (Phi) is 7.16. The monoisotopic (exact) mass is 400 g/mol. The number of carbonyl (C=O) groups is 1. The van der Waals surface area contributed by atoms with Gasteiger partial charge in [-0.05, 0) is 49.1 Å². The van der Waals surface area contributed by atoms with E-state index in [0.29, 0.717) is 44.0 Å². The van der Waals surface area contributed by atoms with Crippen LogP contribution < -0.4 is 15.5 Å². The molecule has 7 heteroatoms. The Bertz CT molecular complexity index is 868. The summed E-state index contributed by atoms with van der Waals surface area (Å²) in [4.78, 5) is 18.2. The van der Waals surface area contributed by atoms with Gasteiger partial charge in [0, 0.05) is 31.7 Å². The molecule has 1 amide bonds. The number of nitrogens with zero attached hydrogens (tertiary/aromatic N) is 2. The molecule has 0 radical (unpaired) electrons. The van der Waals surface area contributed by atoms with E-state index in [2.05, 4.69) is 15.6 Å². The van der Waals surface area contributed by atoms with Gasteiger partial charge < -0.3 is 15.5 Å². The average molecular weight is 400 g/mol. The molecule has 0 saturated carbocycles. The van der Waals surface area contributed by atoms with Gasteiger partial charge in [-0.25, -0.2) is 13.8 Å². The van der Waals surface area contributed by atoms with Crippen molar-refractivity contribution < 1.29 is 13.6 Å². The molecule has 154 valence electrons. The van der Waals surface area contributed by atoms with Gasteiger partial charge in [-0.1, -0.05) is 24.3 Å². The highest BCUT2D eigenvalue weighted by molar-refractivity contribution is 5.95. The zero-order valence-electron chi connectivity index (χ0n) is 16.5. The van der Waals surface area contributed by atoms with Crippen LogP contribution in [0.3, 0.4) is 0 Å². The number of guanidine groups is 1. The fraction of sp³-hybridized carbons (Fsp3) is 0.364. The van der Waals surface area contributed by atoms with Crippen LogP contribution in [0.5, 0.6) is 0 Å². The zero-order chi connectivity index (χ0) is 20.6. The summed E-state index contributed by atoms with van der Waals surface area (Å²) in [6.07, 6.45) is 1.87. The van der Waals surface area contributed by atoms with E-state index in [1.807, 2.05) is 36.1 Å². The average Bonchev–Trinajstić information content (AvgIpc) is 3.15. The second kappa shape index (κ2) is 10.0. The minimum atomic E-state index is -0.831. The Morgan fingerprint density at radius 1 is 1.14 bits per heavy atom. The zero-order valence-corrected chi connectivity index (χ0v) is 16.5. The van der Waals surface area contributed by atoms with Gasteiger partial charge in [0.05, 0.1) is 6.54 Å². The van der Waals surface area contributed by atoms with E-state index in [1.54, 1.807) is 6.07 Å². The molecule has 0 atom stereocenters. The SMILES string of the molecule is CCNC(=NCc1ccc(N2CCCC2=O)cc1)NCCc1cccc(F)c1F. The van der Waals surface area contributed by atoms with E-state index in [-0.39, 0.29) is 5.91 Å². The summed E-state index contributed by atoms with van der Waals surface area (Å²) < 4.78 is 27.0. The van der Waals surface area contributed by atoms with Crippen molar-refractivity contribution in [2.75, 3.05) is 24.5 Å². The minimum absolute atomic E-state index is 0.170. The lowest BCUT2D eigenvalue weighted by molar-refractivity contribution is -0.117. The molecule has 1 heterocycles. The third-order valence-corrected chi connectivity index (χ3v) is 4.80. The van der Waals surface area contributed by atoms with Crippen molar-refractivity contribution >= 4 is 17.6 Å². The molecule has 1 saturated heterocycles. The van der Waals surface area contributed by atoms with Crippen LogP contribution in [-0.2, 0) is 17.8 Å². The second-order valence-corrected chi connectivity index (χ2v) is 6.90. The summed E-state index contributed by atoms with van der Waals surface area (Å²) in [5.41, 5.74) is 2.27. The molecule has 1 aliphatic rings. The Morgan fingerprint density at radius 3 is 2.62 bits per heavy atom. The fourth-order valence-electron chi connectivity index (χ4n) is 3.27. The van der Waals surface area contributed by atoms with E-state index in [4.69, 9.17) is 0 Å². The lowest BCUT2D eigenvalue weighted by atomic mass is 10.1. The van der Waals surface area contributed by atoms with Gasteiger partial charge in [0.2, 0.25) is 5.91 Å². The van der Waals surface area contributed by atoms with Crippen molar-refractivity contribution in [2.45, 2.75) is 32.7 Å².